The lowest BCUT2D eigenvalue weighted by Crippen LogP contribution is -2.22. The number of rotatable bonds is 5. The number of ether oxygens (including phenoxy) is 1. The number of nitrogens with zero attached hydrogens (tertiary/aromatic N) is 4. The van der Waals surface area contributed by atoms with E-state index in [4.69, 9.17) is 0 Å². The molecule has 3 aromatic rings. The predicted molar refractivity (Wildman–Crippen MR) is 98.7 cm³/mol. The van der Waals surface area contributed by atoms with Crippen LogP contribution in [0.5, 0.6) is 0 Å². The molecule has 1 N–H and O–H groups in total. The molecule has 0 saturated carbocycles. The molecule has 0 spiro atoms. The third kappa shape index (κ3) is 4.84. The van der Waals surface area contributed by atoms with Gasteiger partial charge in [-0.15, -0.1) is 5.10 Å². The van der Waals surface area contributed by atoms with Crippen LogP contribution in [0, 0.1) is 6.92 Å². The third-order valence-corrected chi connectivity index (χ3v) is 5.18. The van der Waals surface area contributed by atoms with E-state index in [-0.39, 0.29) is 16.8 Å². The van der Waals surface area contributed by atoms with Gasteiger partial charge in [-0.2, -0.15) is 44.3 Å². The first-order valence-corrected chi connectivity index (χ1v) is 10.3. The lowest BCUT2D eigenvalue weighted by molar-refractivity contribution is -0.142. The van der Waals surface area contributed by atoms with E-state index in [1.54, 1.807) is 4.72 Å². The normalized spacial score (nSPS) is 12.7. The van der Waals surface area contributed by atoms with E-state index in [0.29, 0.717) is 12.1 Å². The average Bonchev–Trinajstić information content (AvgIpc) is 3.10. The maximum Gasteiger partial charge on any atom is 0.433 e. The molecule has 9 nitrogen and oxygen atoms in total. The first-order valence-electron chi connectivity index (χ1n) is 8.87. The van der Waals surface area contributed by atoms with Crippen LogP contribution in [-0.2, 0) is 27.1 Å². The monoisotopic (exact) mass is 497 g/mol. The Balaban J connectivity index is 2.18. The second-order valence-corrected chi connectivity index (χ2v) is 8.01. The van der Waals surface area contributed by atoms with Gasteiger partial charge in [0.05, 0.1) is 23.4 Å². The van der Waals surface area contributed by atoms with Crippen molar-refractivity contribution in [2.24, 2.45) is 0 Å². The first kappa shape index (κ1) is 24.2. The number of carbonyl (C=O) groups excluding carboxylic acids is 1. The molecular weight excluding hydrogens is 484 g/mol. The molecule has 16 heteroatoms. The summed E-state index contributed by atoms with van der Waals surface area (Å²) in [6.07, 6.45) is -10.1. The highest BCUT2D eigenvalue weighted by molar-refractivity contribution is 7.92. The molecule has 0 unspecified atom stereocenters. The smallest absolute Gasteiger partial charge is 0.433 e. The van der Waals surface area contributed by atoms with E-state index in [1.807, 2.05) is 0 Å². The number of halogens is 6. The van der Waals surface area contributed by atoms with Crippen LogP contribution < -0.4 is 4.72 Å². The van der Waals surface area contributed by atoms with E-state index >= 15 is 0 Å². The molecule has 0 amide bonds. The van der Waals surface area contributed by atoms with Crippen molar-refractivity contribution in [1.29, 1.82) is 0 Å². The zero-order valence-corrected chi connectivity index (χ0v) is 17.4. The molecule has 1 aromatic carbocycles. The van der Waals surface area contributed by atoms with Gasteiger partial charge in [0.1, 0.15) is 0 Å². The van der Waals surface area contributed by atoms with E-state index in [9.17, 15) is 39.6 Å². The number of esters is 1. The number of sulfonamides is 1. The number of aryl methyl sites for hydroxylation is 1. The number of benzene rings is 1. The van der Waals surface area contributed by atoms with Crippen LogP contribution in [0.3, 0.4) is 0 Å². The summed E-state index contributed by atoms with van der Waals surface area (Å²) in [5.41, 5.74) is -5.07. The molecule has 178 valence electrons. The van der Waals surface area contributed by atoms with E-state index in [0.717, 1.165) is 12.1 Å². The first-order chi connectivity index (χ1) is 15.1. The summed E-state index contributed by atoms with van der Waals surface area (Å²) in [7, 11) is -5.11. The Bertz CT molecular complexity index is 1330. The van der Waals surface area contributed by atoms with Gasteiger partial charge in [-0.05, 0) is 32.0 Å². The third-order valence-electron chi connectivity index (χ3n) is 4.05. The number of carbonyl (C=O) groups is 1. The number of hydrogen-bond acceptors (Lipinski definition) is 7. The summed E-state index contributed by atoms with van der Waals surface area (Å²) in [5, 5.41) is 1.97. The highest BCUT2D eigenvalue weighted by Gasteiger charge is 2.39. The summed E-state index contributed by atoms with van der Waals surface area (Å²) in [6.45, 7) is 2.35. The summed E-state index contributed by atoms with van der Waals surface area (Å²) < 4.78 is 112. The Morgan fingerprint density at radius 2 is 1.79 bits per heavy atom. The maximum absolute atomic E-state index is 13.5. The lowest BCUT2D eigenvalue weighted by Gasteiger charge is -2.17. The van der Waals surface area contributed by atoms with Gasteiger partial charge in [0.15, 0.2) is 5.69 Å². The van der Waals surface area contributed by atoms with Crippen LogP contribution in [0.25, 0.3) is 5.78 Å². The van der Waals surface area contributed by atoms with E-state index in [2.05, 4.69) is 19.8 Å². The van der Waals surface area contributed by atoms with Crippen LogP contribution in [0.4, 0.5) is 32.0 Å². The second kappa shape index (κ2) is 8.17. The van der Waals surface area contributed by atoms with Gasteiger partial charge in [0.25, 0.3) is 21.0 Å². The van der Waals surface area contributed by atoms with Crippen LogP contribution in [0.15, 0.2) is 29.4 Å². The Hall–Kier alpha value is -3.43. The molecule has 0 fully saturated rings. The summed E-state index contributed by atoms with van der Waals surface area (Å²) in [5.74, 6) is -2.02. The van der Waals surface area contributed by atoms with Gasteiger partial charge >= 0.3 is 18.3 Å². The second-order valence-electron chi connectivity index (χ2n) is 6.44. The van der Waals surface area contributed by atoms with Gasteiger partial charge in [0, 0.05) is 5.69 Å². The van der Waals surface area contributed by atoms with Gasteiger partial charge in [-0.3, -0.25) is 4.72 Å². The minimum atomic E-state index is -5.11. The number of hydrogen-bond donors (Lipinski definition) is 1. The van der Waals surface area contributed by atoms with Gasteiger partial charge in [-0.1, -0.05) is 6.07 Å². The van der Waals surface area contributed by atoms with Crippen LogP contribution in [0.2, 0.25) is 0 Å². The van der Waals surface area contributed by atoms with Crippen LogP contribution >= 0.6 is 0 Å². The van der Waals surface area contributed by atoms with Crippen molar-refractivity contribution in [3.8, 4) is 0 Å². The fourth-order valence-corrected chi connectivity index (χ4v) is 3.71. The van der Waals surface area contributed by atoms with Crippen molar-refractivity contribution in [3.63, 3.8) is 0 Å². The van der Waals surface area contributed by atoms with Crippen molar-refractivity contribution in [1.82, 2.24) is 19.6 Å². The maximum atomic E-state index is 13.5. The highest BCUT2D eigenvalue weighted by Crippen LogP contribution is 2.38. The largest absolute Gasteiger partial charge is 0.462 e. The fraction of sp³-hybridized carbons (Fsp3) is 0.294. The SMILES string of the molecule is CCOC(=O)c1cccc(C(F)(F)F)c1NS(=O)(=O)c1nc2nc(C)cc(C(F)(F)F)n2n1. The minimum absolute atomic E-state index is 0.101. The van der Waals surface area contributed by atoms with Crippen molar-refractivity contribution < 1.29 is 44.3 Å². The summed E-state index contributed by atoms with van der Waals surface area (Å²) in [4.78, 5) is 19.2. The number of alkyl halides is 6. The number of anilines is 1. The molecule has 0 saturated heterocycles. The van der Waals surface area contributed by atoms with E-state index in [1.165, 1.54) is 13.8 Å². The zero-order chi connectivity index (χ0) is 24.8. The minimum Gasteiger partial charge on any atom is -0.462 e. The zero-order valence-electron chi connectivity index (χ0n) is 16.6. The fourth-order valence-electron chi connectivity index (χ4n) is 2.74. The number of nitrogens with one attached hydrogen (secondary N) is 1. The van der Waals surface area contributed by atoms with Crippen molar-refractivity contribution in [2.75, 3.05) is 11.3 Å². The van der Waals surface area contributed by atoms with Gasteiger partial charge in [-0.25, -0.2) is 9.78 Å². The number of fused-ring (bicyclic) bond motifs is 1. The standard InChI is InChI=1S/C17H13F6N5O4S/c1-3-32-13(29)9-5-4-6-10(16(18,19)20)12(9)27-33(30,31)15-25-14-24-8(2)7-11(17(21,22)23)28(14)26-15/h4-7,27H,3H2,1-2H3. The molecule has 0 aliphatic heterocycles. The molecule has 0 radical (unpaired) electrons. The summed E-state index contributed by atoms with van der Waals surface area (Å²) >= 11 is 0. The van der Waals surface area contributed by atoms with Crippen LogP contribution in [0.1, 0.15) is 34.2 Å². The molecule has 0 aliphatic carbocycles. The molecule has 0 atom stereocenters. The lowest BCUT2D eigenvalue weighted by atomic mass is 10.1. The Morgan fingerprint density at radius 3 is 2.36 bits per heavy atom. The average molecular weight is 497 g/mol. The molecule has 2 heterocycles. The van der Waals surface area contributed by atoms with Gasteiger partial charge < -0.3 is 4.74 Å². The molecule has 2 aromatic heterocycles. The Morgan fingerprint density at radius 1 is 1.12 bits per heavy atom. The molecule has 0 bridgehead atoms. The predicted octanol–water partition coefficient (Wildman–Crippen LogP) is 3.45. The highest BCUT2D eigenvalue weighted by atomic mass is 32.2. The quantitative estimate of drug-likeness (QED) is 0.424. The molecule has 0 aliphatic rings. The van der Waals surface area contributed by atoms with Gasteiger partial charge in [0.2, 0.25) is 0 Å². The number of para-hydroxylation sites is 1. The molecule has 3 rings (SSSR count). The topological polar surface area (TPSA) is 116 Å². The van der Waals surface area contributed by atoms with Crippen molar-refractivity contribution in [2.45, 2.75) is 31.4 Å². The summed E-state index contributed by atoms with van der Waals surface area (Å²) in [6, 6.07) is 2.83. The van der Waals surface area contributed by atoms with Crippen molar-refractivity contribution >= 4 is 27.5 Å². The molecular formula is C17H13F6N5O4S. The van der Waals surface area contributed by atoms with Crippen LogP contribution in [-0.4, -0.2) is 40.6 Å². The molecule has 33 heavy (non-hydrogen) atoms. The Kier molecular flexibility index (Phi) is 5.99. The number of aromatic nitrogens is 4. The Labute approximate surface area is 181 Å². The van der Waals surface area contributed by atoms with Crippen molar-refractivity contribution in [3.05, 3.63) is 46.8 Å². The van der Waals surface area contributed by atoms with E-state index < -0.39 is 61.8 Å².